The van der Waals surface area contributed by atoms with E-state index in [2.05, 4.69) is 5.32 Å². The van der Waals surface area contributed by atoms with E-state index >= 15 is 0 Å². The summed E-state index contributed by atoms with van der Waals surface area (Å²) in [7, 11) is 0. The van der Waals surface area contributed by atoms with E-state index in [-0.39, 0.29) is 23.7 Å². The average Bonchev–Trinajstić information content (AvgIpc) is 2.49. The molecule has 1 aliphatic heterocycles. The standard InChI is InChI=1S/C15H21N3O4/c1-10-3-4-13(9-14(10)18(21)22)16-15(20)17-7-5-12(6-8-17)11(2)19/h3-4,9,11-12,19H,5-8H2,1-2H3,(H,16,20). The number of nitro groups is 1. The lowest BCUT2D eigenvalue weighted by Gasteiger charge is -2.33. The number of aliphatic hydroxyl groups excluding tert-OH is 1. The van der Waals surface area contributed by atoms with Crippen LogP contribution < -0.4 is 5.32 Å². The first kappa shape index (κ1) is 16.2. The highest BCUT2D eigenvalue weighted by molar-refractivity contribution is 5.89. The van der Waals surface area contributed by atoms with Crippen LogP contribution >= 0.6 is 0 Å². The van der Waals surface area contributed by atoms with Crippen LogP contribution in [0.15, 0.2) is 18.2 Å². The molecule has 0 spiro atoms. The fourth-order valence-electron chi connectivity index (χ4n) is 2.67. The fraction of sp³-hybridized carbons (Fsp3) is 0.533. The minimum absolute atomic E-state index is 0.00869. The first-order valence-electron chi connectivity index (χ1n) is 7.37. The predicted octanol–water partition coefficient (Wildman–Crippen LogP) is 2.53. The van der Waals surface area contributed by atoms with Gasteiger partial charge in [0.25, 0.3) is 5.69 Å². The molecule has 1 aromatic rings. The fourth-order valence-corrected chi connectivity index (χ4v) is 2.67. The number of anilines is 1. The van der Waals surface area contributed by atoms with Gasteiger partial charge in [-0.05, 0) is 38.7 Å². The van der Waals surface area contributed by atoms with E-state index in [9.17, 15) is 20.0 Å². The maximum atomic E-state index is 12.2. The summed E-state index contributed by atoms with van der Waals surface area (Å²) >= 11 is 0. The molecule has 1 aliphatic rings. The summed E-state index contributed by atoms with van der Waals surface area (Å²) in [6.07, 6.45) is 1.17. The quantitative estimate of drug-likeness (QED) is 0.662. The second-order valence-corrected chi connectivity index (χ2v) is 5.75. The number of nitro benzene ring substituents is 1. The van der Waals surface area contributed by atoms with E-state index in [0.29, 0.717) is 24.3 Å². The Labute approximate surface area is 129 Å². The molecule has 0 aromatic heterocycles. The van der Waals surface area contributed by atoms with Crippen molar-refractivity contribution < 1.29 is 14.8 Å². The normalized spacial score (nSPS) is 17.1. The molecule has 2 rings (SSSR count). The number of nitrogens with zero attached hydrogens (tertiary/aromatic N) is 2. The van der Waals surface area contributed by atoms with Crippen LogP contribution in [0.1, 0.15) is 25.3 Å². The maximum Gasteiger partial charge on any atom is 0.321 e. The number of nitrogens with one attached hydrogen (secondary N) is 1. The Kier molecular flexibility index (Phi) is 4.97. The molecule has 1 aromatic carbocycles. The molecule has 1 atom stereocenters. The Morgan fingerprint density at radius 1 is 1.45 bits per heavy atom. The highest BCUT2D eigenvalue weighted by Gasteiger charge is 2.25. The summed E-state index contributed by atoms with van der Waals surface area (Å²) in [5.41, 5.74) is 0.964. The zero-order chi connectivity index (χ0) is 16.3. The van der Waals surface area contributed by atoms with Gasteiger partial charge in [-0.15, -0.1) is 0 Å². The number of likely N-dealkylation sites (tertiary alicyclic amines) is 1. The van der Waals surface area contributed by atoms with Crippen LogP contribution in [0.25, 0.3) is 0 Å². The highest BCUT2D eigenvalue weighted by atomic mass is 16.6. The van der Waals surface area contributed by atoms with Crippen LogP contribution in [-0.4, -0.2) is 40.2 Å². The summed E-state index contributed by atoms with van der Waals surface area (Å²) < 4.78 is 0. The maximum absolute atomic E-state index is 12.2. The minimum atomic E-state index is -0.459. The van der Waals surface area contributed by atoms with Crippen molar-refractivity contribution in [1.29, 1.82) is 0 Å². The number of rotatable bonds is 3. The van der Waals surface area contributed by atoms with Gasteiger partial charge < -0.3 is 15.3 Å². The SMILES string of the molecule is Cc1ccc(NC(=O)N2CCC(C(C)O)CC2)cc1[N+](=O)[O-]. The number of urea groups is 1. The predicted molar refractivity (Wildman–Crippen MR) is 82.8 cm³/mol. The molecule has 1 fully saturated rings. The van der Waals surface area contributed by atoms with Crippen LogP contribution in [0.4, 0.5) is 16.2 Å². The molecule has 0 radical (unpaired) electrons. The zero-order valence-electron chi connectivity index (χ0n) is 12.8. The molecule has 2 N–H and O–H groups in total. The number of aliphatic hydroxyl groups is 1. The first-order valence-corrected chi connectivity index (χ1v) is 7.37. The van der Waals surface area contributed by atoms with E-state index in [1.54, 1.807) is 30.9 Å². The van der Waals surface area contributed by atoms with E-state index in [0.717, 1.165) is 12.8 Å². The van der Waals surface area contributed by atoms with Crippen LogP contribution in [0, 0.1) is 23.0 Å². The molecule has 0 aliphatic carbocycles. The Bertz CT molecular complexity index is 566. The Morgan fingerprint density at radius 2 is 2.09 bits per heavy atom. The van der Waals surface area contributed by atoms with Gasteiger partial charge in [0.2, 0.25) is 0 Å². The van der Waals surface area contributed by atoms with Crippen LogP contribution in [0.3, 0.4) is 0 Å². The van der Waals surface area contributed by atoms with Crippen molar-refractivity contribution in [1.82, 2.24) is 4.90 Å². The summed E-state index contributed by atoms with van der Waals surface area (Å²) in [6, 6.07) is 4.38. The van der Waals surface area contributed by atoms with Gasteiger partial charge in [-0.3, -0.25) is 10.1 Å². The molecule has 1 heterocycles. The zero-order valence-corrected chi connectivity index (χ0v) is 12.8. The third-order valence-corrected chi connectivity index (χ3v) is 4.17. The number of hydrogen-bond acceptors (Lipinski definition) is 4. The van der Waals surface area contributed by atoms with Gasteiger partial charge in [0.15, 0.2) is 0 Å². The van der Waals surface area contributed by atoms with Crippen molar-refractivity contribution in [3.8, 4) is 0 Å². The first-order chi connectivity index (χ1) is 10.4. The van der Waals surface area contributed by atoms with Crippen LogP contribution in [0.5, 0.6) is 0 Å². The van der Waals surface area contributed by atoms with E-state index in [1.165, 1.54) is 6.07 Å². The molecule has 1 unspecified atom stereocenters. The second kappa shape index (κ2) is 6.74. The van der Waals surface area contributed by atoms with E-state index in [1.807, 2.05) is 0 Å². The molecule has 120 valence electrons. The molecule has 1 saturated heterocycles. The number of carbonyl (C=O) groups is 1. The van der Waals surface area contributed by atoms with Crippen LogP contribution in [0.2, 0.25) is 0 Å². The van der Waals surface area contributed by atoms with Gasteiger partial charge in [0.1, 0.15) is 0 Å². The molecule has 0 saturated carbocycles. The van der Waals surface area contributed by atoms with Crippen molar-refractivity contribution >= 4 is 17.4 Å². The molecule has 0 bridgehead atoms. The molecule has 2 amide bonds. The number of hydrogen-bond donors (Lipinski definition) is 2. The second-order valence-electron chi connectivity index (χ2n) is 5.75. The smallest absolute Gasteiger partial charge is 0.321 e. The monoisotopic (exact) mass is 307 g/mol. The van der Waals surface area contributed by atoms with Crippen molar-refractivity contribution in [3.63, 3.8) is 0 Å². The van der Waals surface area contributed by atoms with Crippen molar-refractivity contribution in [2.75, 3.05) is 18.4 Å². The Hall–Kier alpha value is -2.15. The average molecular weight is 307 g/mol. The molecular weight excluding hydrogens is 286 g/mol. The molecule has 7 nitrogen and oxygen atoms in total. The van der Waals surface area contributed by atoms with Crippen molar-refractivity contribution in [2.45, 2.75) is 32.8 Å². The summed E-state index contributed by atoms with van der Waals surface area (Å²) in [5, 5.41) is 23.2. The number of carbonyl (C=O) groups excluding carboxylic acids is 1. The van der Waals surface area contributed by atoms with Gasteiger partial charge in [-0.2, -0.15) is 0 Å². The Morgan fingerprint density at radius 3 is 2.64 bits per heavy atom. The third-order valence-electron chi connectivity index (χ3n) is 4.17. The van der Waals surface area contributed by atoms with Gasteiger partial charge in [0.05, 0.1) is 11.0 Å². The number of amides is 2. The topological polar surface area (TPSA) is 95.7 Å². The largest absolute Gasteiger partial charge is 0.393 e. The van der Waals surface area contributed by atoms with Crippen molar-refractivity contribution in [3.05, 3.63) is 33.9 Å². The molecular formula is C15H21N3O4. The number of benzene rings is 1. The number of aryl methyl sites for hydroxylation is 1. The molecule has 7 heteroatoms. The summed E-state index contributed by atoms with van der Waals surface area (Å²) in [6.45, 7) is 4.58. The number of piperidine rings is 1. The summed E-state index contributed by atoms with van der Waals surface area (Å²) in [4.78, 5) is 24.3. The van der Waals surface area contributed by atoms with Gasteiger partial charge in [0, 0.05) is 30.4 Å². The minimum Gasteiger partial charge on any atom is -0.393 e. The van der Waals surface area contributed by atoms with Gasteiger partial charge in [-0.1, -0.05) is 6.07 Å². The lowest BCUT2D eigenvalue weighted by Crippen LogP contribution is -2.42. The van der Waals surface area contributed by atoms with Crippen LogP contribution in [-0.2, 0) is 0 Å². The Balaban J connectivity index is 1.98. The van der Waals surface area contributed by atoms with Gasteiger partial charge in [-0.25, -0.2) is 4.79 Å². The van der Waals surface area contributed by atoms with E-state index < -0.39 is 4.92 Å². The highest BCUT2D eigenvalue weighted by Crippen LogP contribution is 2.24. The summed E-state index contributed by atoms with van der Waals surface area (Å²) in [5.74, 6) is 0.226. The lowest BCUT2D eigenvalue weighted by molar-refractivity contribution is -0.385. The van der Waals surface area contributed by atoms with Crippen molar-refractivity contribution in [2.24, 2.45) is 5.92 Å². The third kappa shape index (κ3) is 3.73. The lowest BCUT2D eigenvalue weighted by atomic mass is 9.92. The molecule has 22 heavy (non-hydrogen) atoms. The van der Waals surface area contributed by atoms with Gasteiger partial charge >= 0.3 is 6.03 Å². The van der Waals surface area contributed by atoms with E-state index in [4.69, 9.17) is 0 Å².